The van der Waals surface area contributed by atoms with Crippen molar-refractivity contribution in [1.29, 1.82) is 0 Å². The van der Waals surface area contributed by atoms with E-state index in [0.29, 0.717) is 11.5 Å². The molecule has 0 N–H and O–H groups in total. The molecule has 2 heterocycles. The lowest BCUT2D eigenvalue weighted by Crippen LogP contribution is -2.12. The summed E-state index contributed by atoms with van der Waals surface area (Å²) < 4.78 is 1.84. The van der Waals surface area contributed by atoms with E-state index < -0.39 is 0 Å². The zero-order chi connectivity index (χ0) is 22.9. The van der Waals surface area contributed by atoms with Gasteiger partial charge in [-0.15, -0.1) is 0 Å². The topological polar surface area (TPSA) is 47.3 Å². The molecule has 4 nitrogen and oxygen atoms in total. The van der Waals surface area contributed by atoms with Crippen molar-refractivity contribution in [2.75, 3.05) is 0 Å². The lowest BCUT2D eigenvalue weighted by Gasteiger charge is -2.19. The van der Waals surface area contributed by atoms with Gasteiger partial charge in [0, 0.05) is 17.2 Å². The van der Waals surface area contributed by atoms with Gasteiger partial charge >= 0.3 is 0 Å². The molecule has 4 rings (SSSR count). The van der Waals surface area contributed by atoms with E-state index in [2.05, 4.69) is 69.0 Å². The van der Waals surface area contributed by atoms with E-state index in [1.807, 2.05) is 40.9 Å². The third-order valence-corrected chi connectivity index (χ3v) is 6.21. The zero-order valence-corrected chi connectivity index (χ0v) is 19.6. The Labute approximate surface area is 190 Å². The number of hydrogen-bond donors (Lipinski definition) is 0. The fourth-order valence-corrected chi connectivity index (χ4v) is 3.90. The summed E-state index contributed by atoms with van der Waals surface area (Å²) in [6.45, 7) is 11.0. The molecule has 0 saturated heterocycles. The maximum atomic E-state index is 13.0. The van der Waals surface area contributed by atoms with E-state index in [1.54, 1.807) is 6.20 Å². The van der Waals surface area contributed by atoms with Gasteiger partial charge in [0.2, 0.25) is 0 Å². The molecule has 0 bridgehead atoms. The lowest BCUT2D eigenvalue weighted by molar-refractivity contribution is 0.0992. The lowest BCUT2D eigenvalue weighted by atomic mass is 9.86. The van der Waals surface area contributed by atoms with Crippen LogP contribution in [-0.2, 0) is 11.8 Å². The smallest absolute Gasteiger partial charge is 0.168 e. The van der Waals surface area contributed by atoms with Gasteiger partial charge in [-0.2, -0.15) is 5.10 Å². The van der Waals surface area contributed by atoms with Gasteiger partial charge in [0.05, 0.1) is 24.0 Å². The molecule has 0 saturated carbocycles. The predicted octanol–water partition coefficient (Wildman–Crippen LogP) is 6.63. The number of carbonyl (C=O) groups is 1. The second kappa shape index (κ2) is 8.70. The molecular formula is C28H31N3O. The van der Waals surface area contributed by atoms with Crippen LogP contribution in [0.4, 0.5) is 0 Å². The first kappa shape index (κ1) is 21.9. The number of aromatic nitrogens is 3. The molecule has 4 aromatic rings. The number of ketones is 1. The number of hydrogen-bond acceptors (Lipinski definition) is 3. The molecule has 4 heteroatoms. The molecule has 0 fully saturated rings. The van der Waals surface area contributed by atoms with Gasteiger partial charge in [-0.25, -0.2) is 9.50 Å². The molecule has 0 aliphatic rings. The SMILES string of the molecule is CCC(C)c1ccc(-c2cc(CC(=O)c3ccc(C(C)(C)C)cc3)nc3ccnn23)cc1. The molecule has 0 radical (unpaired) electrons. The summed E-state index contributed by atoms with van der Waals surface area (Å²) in [4.78, 5) is 17.7. The van der Waals surface area contributed by atoms with Crippen LogP contribution in [0.3, 0.4) is 0 Å². The number of rotatable bonds is 6. The van der Waals surface area contributed by atoms with Crippen LogP contribution in [0.2, 0.25) is 0 Å². The molecule has 0 aliphatic carbocycles. The van der Waals surface area contributed by atoms with Gasteiger partial charge in [0.25, 0.3) is 0 Å². The predicted molar refractivity (Wildman–Crippen MR) is 130 cm³/mol. The molecular weight excluding hydrogens is 394 g/mol. The minimum absolute atomic E-state index is 0.0650. The number of benzene rings is 2. The Balaban J connectivity index is 1.64. The van der Waals surface area contributed by atoms with E-state index >= 15 is 0 Å². The maximum Gasteiger partial charge on any atom is 0.168 e. The third kappa shape index (κ3) is 4.50. The minimum atomic E-state index is 0.0650. The number of carbonyl (C=O) groups excluding carboxylic acids is 1. The summed E-state index contributed by atoms with van der Waals surface area (Å²) in [6, 6.07) is 20.4. The highest BCUT2D eigenvalue weighted by Gasteiger charge is 2.16. The normalized spacial score (nSPS) is 12.8. The standard InChI is InChI=1S/C28H31N3O/c1-6-19(2)20-7-9-21(10-8-20)25-17-24(30-27-15-16-29-31(25)27)18-26(32)22-11-13-23(14-12-22)28(3,4)5/h7-17,19H,6,18H2,1-5H3. The van der Waals surface area contributed by atoms with Crippen LogP contribution in [0.25, 0.3) is 16.9 Å². The van der Waals surface area contributed by atoms with Crippen LogP contribution in [0.15, 0.2) is 66.9 Å². The van der Waals surface area contributed by atoms with Crippen molar-refractivity contribution in [1.82, 2.24) is 14.6 Å². The summed E-state index contributed by atoms with van der Waals surface area (Å²) in [5, 5.41) is 4.45. The highest BCUT2D eigenvalue weighted by molar-refractivity contribution is 5.97. The third-order valence-electron chi connectivity index (χ3n) is 6.21. The average molecular weight is 426 g/mol. The molecule has 1 atom stereocenters. The number of fused-ring (bicyclic) bond motifs is 1. The van der Waals surface area contributed by atoms with Crippen molar-refractivity contribution in [3.63, 3.8) is 0 Å². The summed E-state index contributed by atoms with van der Waals surface area (Å²) in [5.41, 5.74) is 6.84. The van der Waals surface area contributed by atoms with Crippen molar-refractivity contribution in [2.24, 2.45) is 0 Å². The first-order chi connectivity index (χ1) is 15.3. The van der Waals surface area contributed by atoms with Crippen molar-refractivity contribution >= 4 is 11.4 Å². The molecule has 2 aromatic carbocycles. The minimum Gasteiger partial charge on any atom is -0.294 e. The van der Waals surface area contributed by atoms with Gasteiger partial charge in [0.1, 0.15) is 0 Å². The first-order valence-electron chi connectivity index (χ1n) is 11.3. The maximum absolute atomic E-state index is 13.0. The Bertz CT molecular complexity index is 1230. The van der Waals surface area contributed by atoms with E-state index in [1.165, 1.54) is 11.1 Å². The van der Waals surface area contributed by atoms with Crippen molar-refractivity contribution in [3.05, 3.63) is 89.2 Å². The highest BCUT2D eigenvalue weighted by atomic mass is 16.1. The van der Waals surface area contributed by atoms with E-state index in [4.69, 9.17) is 0 Å². The fraction of sp³-hybridized carbons (Fsp3) is 0.321. The van der Waals surface area contributed by atoms with Crippen LogP contribution in [0.5, 0.6) is 0 Å². The monoisotopic (exact) mass is 425 g/mol. The van der Waals surface area contributed by atoms with Gasteiger partial charge in [-0.3, -0.25) is 4.79 Å². The molecule has 2 aromatic heterocycles. The summed E-state index contributed by atoms with van der Waals surface area (Å²) in [6.07, 6.45) is 3.12. The van der Waals surface area contributed by atoms with Crippen LogP contribution in [-0.4, -0.2) is 20.4 Å². The second-order valence-electron chi connectivity index (χ2n) is 9.59. The van der Waals surface area contributed by atoms with Gasteiger partial charge in [-0.1, -0.05) is 83.1 Å². The second-order valence-corrected chi connectivity index (χ2v) is 9.59. The van der Waals surface area contributed by atoms with Crippen molar-refractivity contribution < 1.29 is 4.79 Å². The molecule has 164 valence electrons. The summed E-state index contributed by atoms with van der Waals surface area (Å²) in [7, 11) is 0. The van der Waals surface area contributed by atoms with E-state index in [-0.39, 0.29) is 17.6 Å². The largest absolute Gasteiger partial charge is 0.294 e. The molecule has 32 heavy (non-hydrogen) atoms. The Morgan fingerprint density at radius 3 is 2.31 bits per heavy atom. The quantitative estimate of drug-likeness (QED) is 0.326. The van der Waals surface area contributed by atoms with Crippen molar-refractivity contribution in [3.8, 4) is 11.3 Å². The molecule has 1 unspecified atom stereocenters. The zero-order valence-electron chi connectivity index (χ0n) is 19.6. The van der Waals surface area contributed by atoms with Crippen LogP contribution >= 0.6 is 0 Å². The van der Waals surface area contributed by atoms with Gasteiger partial charge in [-0.05, 0) is 34.9 Å². The first-order valence-corrected chi connectivity index (χ1v) is 11.3. The Morgan fingerprint density at radius 2 is 1.69 bits per heavy atom. The Morgan fingerprint density at radius 1 is 1.00 bits per heavy atom. The molecule has 0 spiro atoms. The molecule has 0 aliphatic heterocycles. The Hall–Kier alpha value is -3.27. The van der Waals surface area contributed by atoms with Crippen LogP contribution < -0.4 is 0 Å². The van der Waals surface area contributed by atoms with Crippen LogP contribution in [0, 0.1) is 0 Å². The van der Waals surface area contributed by atoms with Crippen molar-refractivity contribution in [2.45, 2.75) is 58.8 Å². The van der Waals surface area contributed by atoms with E-state index in [0.717, 1.165) is 29.0 Å². The fourth-order valence-electron chi connectivity index (χ4n) is 3.90. The van der Waals surface area contributed by atoms with Gasteiger partial charge in [0.15, 0.2) is 11.4 Å². The van der Waals surface area contributed by atoms with Crippen LogP contribution in [0.1, 0.15) is 74.1 Å². The molecule has 0 amide bonds. The number of Topliss-reactive ketones (excluding diaryl/α,β-unsaturated/α-hetero) is 1. The summed E-state index contributed by atoms with van der Waals surface area (Å²) >= 11 is 0. The summed E-state index contributed by atoms with van der Waals surface area (Å²) in [5.74, 6) is 0.601. The number of nitrogens with zero attached hydrogens (tertiary/aromatic N) is 3. The van der Waals surface area contributed by atoms with Gasteiger partial charge < -0.3 is 0 Å². The average Bonchev–Trinajstić information content (AvgIpc) is 3.26. The highest BCUT2D eigenvalue weighted by Crippen LogP contribution is 2.26. The Kier molecular flexibility index (Phi) is 5.96. The van der Waals surface area contributed by atoms with E-state index in [9.17, 15) is 4.79 Å².